The SMILES string of the molecule is CCCCCCCCCCCCCCCCCCN=C(N)CCN. The van der Waals surface area contributed by atoms with Crippen molar-refractivity contribution in [3.05, 3.63) is 0 Å². The van der Waals surface area contributed by atoms with Gasteiger partial charge in [0, 0.05) is 13.0 Å². The van der Waals surface area contributed by atoms with E-state index in [0.29, 0.717) is 6.54 Å². The van der Waals surface area contributed by atoms with Crippen LogP contribution in [0.15, 0.2) is 4.99 Å². The summed E-state index contributed by atoms with van der Waals surface area (Å²) in [6.45, 7) is 3.77. The Hall–Kier alpha value is -0.570. The molecule has 0 saturated carbocycles. The number of aliphatic imine (C=N–C) groups is 1. The number of unbranched alkanes of at least 4 members (excludes halogenated alkanes) is 15. The number of nitrogens with two attached hydrogens (primary N) is 2. The average Bonchev–Trinajstić information content (AvgIpc) is 2.58. The highest BCUT2D eigenvalue weighted by Crippen LogP contribution is 2.13. The predicted molar refractivity (Wildman–Crippen MR) is 110 cm³/mol. The average molecular weight is 340 g/mol. The van der Waals surface area contributed by atoms with Crippen molar-refractivity contribution in [3.8, 4) is 0 Å². The molecule has 0 bridgehead atoms. The lowest BCUT2D eigenvalue weighted by molar-refractivity contribution is 0.530. The van der Waals surface area contributed by atoms with Crippen molar-refractivity contribution in [2.24, 2.45) is 16.5 Å². The molecule has 3 nitrogen and oxygen atoms in total. The molecule has 0 spiro atoms. The molecule has 0 unspecified atom stereocenters. The first-order chi connectivity index (χ1) is 11.8. The quantitative estimate of drug-likeness (QED) is 0.173. The normalized spacial score (nSPS) is 12.0. The summed E-state index contributed by atoms with van der Waals surface area (Å²) in [5.74, 6) is 0.721. The van der Waals surface area contributed by atoms with E-state index in [1.165, 1.54) is 103 Å². The standard InChI is InChI=1S/C21H45N3/c1-2-3-4-5-6-7-8-9-10-11-12-13-14-15-16-17-20-24-21(23)18-19-22/h2-20,22H2,1H3,(H2,23,24). The first kappa shape index (κ1) is 23.4. The Kier molecular flexibility index (Phi) is 20.0. The summed E-state index contributed by atoms with van der Waals surface area (Å²) in [6.07, 6.45) is 23.2. The van der Waals surface area contributed by atoms with E-state index in [4.69, 9.17) is 11.5 Å². The highest BCUT2D eigenvalue weighted by Gasteiger charge is 1.95. The lowest BCUT2D eigenvalue weighted by Crippen LogP contribution is -2.17. The number of amidine groups is 1. The van der Waals surface area contributed by atoms with Crippen LogP contribution in [0.1, 0.15) is 116 Å². The molecule has 0 aliphatic carbocycles. The van der Waals surface area contributed by atoms with Gasteiger partial charge in [-0.05, 0) is 13.0 Å². The summed E-state index contributed by atoms with van der Waals surface area (Å²) < 4.78 is 0. The summed E-state index contributed by atoms with van der Waals surface area (Å²) in [5.41, 5.74) is 11.2. The molecular weight excluding hydrogens is 294 g/mol. The molecule has 0 aromatic heterocycles. The van der Waals surface area contributed by atoms with Crippen molar-refractivity contribution >= 4 is 5.84 Å². The van der Waals surface area contributed by atoms with Gasteiger partial charge < -0.3 is 11.5 Å². The lowest BCUT2D eigenvalue weighted by Gasteiger charge is -2.03. The molecule has 0 fully saturated rings. The molecule has 0 aromatic carbocycles. The third-order valence-electron chi connectivity index (χ3n) is 4.73. The van der Waals surface area contributed by atoms with Crippen LogP contribution in [-0.4, -0.2) is 18.9 Å². The van der Waals surface area contributed by atoms with Crippen LogP contribution in [0.2, 0.25) is 0 Å². The fraction of sp³-hybridized carbons (Fsp3) is 0.952. The second-order valence-corrected chi connectivity index (χ2v) is 7.22. The second kappa shape index (κ2) is 20.5. The van der Waals surface area contributed by atoms with E-state index in [2.05, 4.69) is 11.9 Å². The zero-order valence-electron chi connectivity index (χ0n) is 16.5. The summed E-state index contributed by atoms with van der Waals surface area (Å²) in [4.78, 5) is 4.33. The molecule has 3 heteroatoms. The minimum Gasteiger partial charge on any atom is -0.387 e. The van der Waals surface area contributed by atoms with Crippen molar-refractivity contribution in [1.29, 1.82) is 0 Å². The topological polar surface area (TPSA) is 64.4 Å². The van der Waals surface area contributed by atoms with Crippen LogP contribution in [0.4, 0.5) is 0 Å². The minimum atomic E-state index is 0.605. The van der Waals surface area contributed by atoms with Crippen LogP contribution in [0.3, 0.4) is 0 Å². The fourth-order valence-electron chi connectivity index (χ4n) is 3.11. The number of hydrogen-bond donors (Lipinski definition) is 2. The molecule has 4 N–H and O–H groups in total. The maximum Gasteiger partial charge on any atom is 0.0949 e. The second-order valence-electron chi connectivity index (χ2n) is 7.22. The Bertz CT molecular complexity index is 264. The number of hydrogen-bond acceptors (Lipinski definition) is 2. The summed E-state index contributed by atoms with van der Waals surface area (Å²) in [7, 11) is 0. The molecule has 0 saturated heterocycles. The van der Waals surface area contributed by atoms with Crippen LogP contribution in [0.5, 0.6) is 0 Å². The van der Waals surface area contributed by atoms with E-state index in [-0.39, 0.29) is 0 Å². The zero-order chi connectivity index (χ0) is 17.7. The van der Waals surface area contributed by atoms with Gasteiger partial charge in [-0.3, -0.25) is 4.99 Å². The highest BCUT2D eigenvalue weighted by molar-refractivity contribution is 5.80. The Morgan fingerprint density at radius 2 is 1.00 bits per heavy atom. The van der Waals surface area contributed by atoms with Gasteiger partial charge in [0.1, 0.15) is 0 Å². The maximum atomic E-state index is 5.72. The molecule has 0 aliphatic rings. The molecule has 24 heavy (non-hydrogen) atoms. The van der Waals surface area contributed by atoms with Crippen LogP contribution < -0.4 is 11.5 Å². The van der Waals surface area contributed by atoms with Gasteiger partial charge in [-0.15, -0.1) is 0 Å². The number of nitrogens with zero attached hydrogens (tertiary/aromatic N) is 1. The van der Waals surface area contributed by atoms with Gasteiger partial charge in [0.25, 0.3) is 0 Å². The van der Waals surface area contributed by atoms with E-state index >= 15 is 0 Å². The Labute approximate surface area is 152 Å². The smallest absolute Gasteiger partial charge is 0.0949 e. The van der Waals surface area contributed by atoms with Crippen molar-refractivity contribution in [3.63, 3.8) is 0 Å². The first-order valence-corrected chi connectivity index (χ1v) is 10.8. The molecule has 0 heterocycles. The zero-order valence-corrected chi connectivity index (χ0v) is 16.5. The van der Waals surface area contributed by atoms with Gasteiger partial charge >= 0.3 is 0 Å². The third-order valence-corrected chi connectivity index (χ3v) is 4.73. The van der Waals surface area contributed by atoms with E-state index in [1.54, 1.807) is 0 Å². The fourth-order valence-corrected chi connectivity index (χ4v) is 3.11. The van der Waals surface area contributed by atoms with Gasteiger partial charge in [0.15, 0.2) is 0 Å². The van der Waals surface area contributed by atoms with Gasteiger partial charge in [0.05, 0.1) is 5.84 Å². The van der Waals surface area contributed by atoms with Crippen LogP contribution in [0, 0.1) is 0 Å². The molecule has 0 rings (SSSR count). The summed E-state index contributed by atoms with van der Waals surface area (Å²) in [5, 5.41) is 0. The Morgan fingerprint density at radius 1 is 0.625 bits per heavy atom. The molecule has 144 valence electrons. The van der Waals surface area contributed by atoms with E-state index < -0.39 is 0 Å². The monoisotopic (exact) mass is 339 g/mol. The maximum absolute atomic E-state index is 5.72. The molecular formula is C21H45N3. The number of rotatable bonds is 19. The third kappa shape index (κ3) is 19.5. The van der Waals surface area contributed by atoms with Crippen LogP contribution >= 0.6 is 0 Å². The lowest BCUT2D eigenvalue weighted by atomic mass is 10.0. The minimum absolute atomic E-state index is 0.605. The first-order valence-electron chi connectivity index (χ1n) is 10.8. The summed E-state index contributed by atoms with van der Waals surface area (Å²) >= 11 is 0. The van der Waals surface area contributed by atoms with Crippen molar-refractivity contribution in [2.75, 3.05) is 13.1 Å². The van der Waals surface area contributed by atoms with Gasteiger partial charge in [-0.25, -0.2) is 0 Å². The molecule has 0 amide bonds. The van der Waals surface area contributed by atoms with Gasteiger partial charge in [-0.1, -0.05) is 103 Å². The predicted octanol–water partition coefficient (Wildman–Crippen LogP) is 5.95. The Morgan fingerprint density at radius 3 is 1.38 bits per heavy atom. The van der Waals surface area contributed by atoms with Crippen LogP contribution in [0.25, 0.3) is 0 Å². The van der Waals surface area contributed by atoms with E-state index in [1.807, 2.05) is 0 Å². The van der Waals surface area contributed by atoms with Gasteiger partial charge in [0.2, 0.25) is 0 Å². The van der Waals surface area contributed by atoms with Crippen LogP contribution in [-0.2, 0) is 0 Å². The largest absolute Gasteiger partial charge is 0.387 e. The molecule has 0 radical (unpaired) electrons. The molecule has 0 atom stereocenters. The van der Waals surface area contributed by atoms with Crippen molar-refractivity contribution in [1.82, 2.24) is 0 Å². The van der Waals surface area contributed by atoms with E-state index in [9.17, 15) is 0 Å². The van der Waals surface area contributed by atoms with Crippen molar-refractivity contribution in [2.45, 2.75) is 116 Å². The summed E-state index contributed by atoms with van der Waals surface area (Å²) in [6, 6.07) is 0. The molecule has 0 aliphatic heterocycles. The Balaban J connectivity index is 3.06. The van der Waals surface area contributed by atoms with Crippen molar-refractivity contribution < 1.29 is 0 Å². The molecule has 0 aromatic rings. The van der Waals surface area contributed by atoms with Gasteiger partial charge in [-0.2, -0.15) is 0 Å². The highest BCUT2D eigenvalue weighted by atomic mass is 14.8. The van der Waals surface area contributed by atoms with E-state index in [0.717, 1.165) is 18.8 Å².